The molecule has 1 saturated carbocycles. The minimum Gasteiger partial charge on any atom is -0.477 e. The van der Waals surface area contributed by atoms with Crippen molar-refractivity contribution in [3.63, 3.8) is 0 Å². The van der Waals surface area contributed by atoms with Crippen molar-refractivity contribution in [3.05, 3.63) is 18.0 Å². The lowest BCUT2D eigenvalue weighted by Crippen LogP contribution is -2.33. The predicted molar refractivity (Wildman–Crippen MR) is 72.3 cm³/mol. The summed E-state index contributed by atoms with van der Waals surface area (Å²) in [5.74, 6) is -1.08. The Balaban J connectivity index is 2.01. The van der Waals surface area contributed by atoms with E-state index >= 15 is 0 Å². The first-order valence-electron chi connectivity index (χ1n) is 6.88. The van der Waals surface area contributed by atoms with Gasteiger partial charge in [0, 0.05) is 24.8 Å². The SMILES string of the molecule is CC1CCCN1S(=O)(=O)c1cc(C(=O)O)n(C2CC2)c1. The van der Waals surface area contributed by atoms with Crippen LogP contribution in [-0.4, -0.2) is 41.0 Å². The minimum absolute atomic E-state index is 0.0162. The van der Waals surface area contributed by atoms with Crippen molar-refractivity contribution in [2.75, 3.05) is 6.54 Å². The number of nitrogens with zero attached hydrogens (tertiary/aromatic N) is 2. The van der Waals surface area contributed by atoms with Crippen LogP contribution in [0.25, 0.3) is 0 Å². The molecule has 1 aliphatic carbocycles. The molecular formula is C13H18N2O4S. The van der Waals surface area contributed by atoms with Crippen LogP contribution >= 0.6 is 0 Å². The number of aromatic nitrogens is 1. The van der Waals surface area contributed by atoms with Crippen LogP contribution in [0.2, 0.25) is 0 Å². The van der Waals surface area contributed by atoms with Crippen LogP contribution in [0, 0.1) is 0 Å². The standard InChI is InChI=1S/C13H18N2O4S/c1-9-3-2-6-15(9)20(18,19)11-7-12(13(16)17)14(8-11)10-4-5-10/h7-10H,2-6H2,1H3,(H,16,17). The number of aromatic carboxylic acids is 1. The summed E-state index contributed by atoms with van der Waals surface area (Å²) < 4.78 is 28.3. The topological polar surface area (TPSA) is 79.6 Å². The molecular weight excluding hydrogens is 280 g/mol. The van der Waals surface area contributed by atoms with E-state index in [-0.39, 0.29) is 22.7 Å². The Kier molecular flexibility index (Phi) is 3.13. The van der Waals surface area contributed by atoms with Gasteiger partial charge in [0.1, 0.15) is 10.6 Å². The molecule has 0 radical (unpaired) electrons. The molecule has 0 spiro atoms. The Bertz CT molecular complexity index is 645. The minimum atomic E-state index is -3.58. The summed E-state index contributed by atoms with van der Waals surface area (Å²) >= 11 is 0. The Morgan fingerprint density at radius 1 is 1.35 bits per heavy atom. The molecule has 6 nitrogen and oxygen atoms in total. The van der Waals surface area contributed by atoms with E-state index < -0.39 is 16.0 Å². The van der Waals surface area contributed by atoms with Gasteiger partial charge < -0.3 is 9.67 Å². The molecule has 3 rings (SSSR count). The van der Waals surface area contributed by atoms with Gasteiger partial charge in [-0.15, -0.1) is 0 Å². The predicted octanol–water partition coefficient (Wildman–Crippen LogP) is 1.69. The molecule has 0 bridgehead atoms. The van der Waals surface area contributed by atoms with Gasteiger partial charge in [-0.25, -0.2) is 13.2 Å². The number of hydrogen-bond donors (Lipinski definition) is 1. The lowest BCUT2D eigenvalue weighted by atomic mass is 10.3. The van der Waals surface area contributed by atoms with E-state index in [0.717, 1.165) is 25.7 Å². The molecule has 1 aromatic rings. The third-order valence-corrected chi connectivity index (χ3v) is 6.06. The lowest BCUT2D eigenvalue weighted by molar-refractivity contribution is 0.0685. The van der Waals surface area contributed by atoms with E-state index in [9.17, 15) is 18.3 Å². The number of hydrogen-bond acceptors (Lipinski definition) is 3. The second kappa shape index (κ2) is 4.60. The summed E-state index contributed by atoms with van der Waals surface area (Å²) in [4.78, 5) is 11.4. The zero-order valence-corrected chi connectivity index (χ0v) is 12.1. The fraction of sp³-hybridized carbons (Fsp3) is 0.615. The van der Waals surface area contributed by atoms with Gasteiger partial charge in [-0.2, -0.15) is 4.31 Å². The van der Waals surface area contributed by atoms with Crippen LogP contribution in [0.4, 0.5) is 0 Å². The van der Waals surface area contributed by atoms with Gasteiger partial charge in [0.2, 0.25) is 10.0 Å². The lowest BCUT2D eigenvalue weighted by Gasteiger charge is -2.19. The Morgan fingerprint density at radius 3 is 2.55 bits per heavy atom. The van der Waals surface area contributed by atoms with E-state index in [0.29, 0.717) is 6.54 Å². The van der Waals surface area contributed by atoms with Gasteiger partial charge in [-0.1, -0.05) is 0 Å². The Morgan fingerprint density at radius 2 is 2.05 bits per heavy atom. The summed E-state index contributed by atoms with van der Waals surface area (Å²) in [7, 11) is -3.58. The summed E-state index contributed by atoms with van der Waals surface area (Å²) in [6, 6.07) is 1.42. The van der Waals surface area contributed by atoms with Crippen molar-refractivity contribution in [3.8, 4) is 0 Å². The summed E-state index contributed by atoms with van der Waals surface area (Å²) in [5, 5.41) is 9.21. The van der Waals surface area contributed by atoms with Gasteiger partial charge in [0.25, 0.3) is 0 Å². The molecule has 1 aliphatic heterocycles. The Hall–Kier alpha value is -1.34. The fourth-order valence-electron chi connectivity index (χ4n) is 2.82. The van der Waals surface area contributed by atoms with Gasteiger partial charge >= 0.3 is 5.97 Å². The average molecular weight is 298 g/mol. The smallest absolute Gasteiger partial charge is 0.352 e. The fourth-order valence-corrected chi connectivity index (χ4v) is 4.55. The van der Waals surface area contributed by atoms with Crippen molar-refractivity contribution in [2.45, 2.75) is 49.6 Å². The second-order valence-corrected chi connectivity index (χ2v) is 7.50. The molecule has 0 aromatic carbocycles. The number of carboxylic acids is 1. The first kappa shape index (κ1) is 13.6. The summed E-state index contributed by atoms with van der Waals surface area (Å²) in [5.41, 5.74) is 0.0675. The zero-order chi connectivity index (χ0) is 14.5. The number of rotatable bonds is 4. The molecule has 0 amide bonds. The molecule has 110 valence electrons. The monoisotopic (exact) mass is 298 g/mol. The molecule has 1 atom stereocenters. The van der Waals surface area contributed by atoms with Crippen molar-refractivity contribution < 1.29 is 18.3 Å². The molecule has 2 heterocycles. The molecule has 1 aromatic heterocycles. The molecule has 20 heavy (non-hydrogen) atoms. The maximum atomic E-state index is 12.6. The van der Waals surface area contributed by atoms with Gasteiger partial charge in [-0.05, 0) is 38.7 Å². The second-order valence-electron chi connectivity index (χ2n) is 5.61. The highest BCUT2D eigenvalue weighted by Gasteiger charge is 2.36. The van der Waals surface area contributed by atoms with Crippen molar-refractivity contribution >= 4 is 16.0 Å². The molecule has 7 heteroatoms. The largest absolute Gasteiger partial charge is 0.477 e. The summed E-state index contributed by atoms with van der Waals surface area (Å²) in [6.45, 7) is 2.40. The Labute approximate surface area is 118 Å². The quantitative estimate of drug-likeness (QED) is 0.917. The highest BCUT2D eigenvalue weighted by atomic mass is 32.2. The maximum absolute atomic E-state index is 12.6. The van der Waals surface area contributed by atoms with E-state index in [4.69, 9.17) is 0 Å². The molecule has 1 unspecified atom stereocenters. The third kappa shape index (κ3) is 2.14. The van der Waals surface area contributed by atoms with E-state index in [1.807, 2.05) is 6.92 Å². The van der Waals surface area contributed by atoms with Gasteiger partial charge in [0.15, 0.2) is 0 Å². The van der Waals surface area contributed by atoms with Crippen molar-refractivity contribution in [1.82, 2.24) is 8.87 Å². The van der Waals surface area contributed by atoms with Gasteiger partial charge in [0.05, 0.1) is 0 Å². The maximum Gasteiger partial charge on any atom is 0.352 e. The average Bonchev–Trinajstić information content (AvgIpc) is 2.95. The number of carbonyl (C=O) groups is 1. The van der Waals surface area contributed by atoms with Crippen molar-refractivity contribution in [2.24, 2.45) is 0 Å². The third-order valence-electron chi connectivity index (χ3n) is 4.08. The van der Waals surface area contributed by atoms with Crippen molar-refractivity contribution in [1.29, 1.82) is 0 Å². The highest BCUT2D eigenvalue weighted by Crippen LogP contribution is 2.38. The molecule has 2 fully saturated rings. The molecule has 2 aliphatic rings. The van der Waals surface area contributed by atoms with E-state index in [2.05, 4.69) is 0 Å². The van der Waals surface area contributed by atoms with Crippen LogP contribution in [0.5, 0.6) is 0 Å². The number of carboxylic acid groups (broad SMARTS) is 1. The van der Waals surface area contributed by atoms with E-state index in [1.54, 1.807) is 4.57 Å². The molecule has 1 N–H and O–H groups in total. The van der Waals surface area contributed by atoms with Crippen LogP contribution < -0.4 is 0 Å². The number of sulfonamides is 1. The molecule has 1 saturated heterocycles. The van der Waals surface area contributed by atoms with Crippen LogP contribution in [-0.2, 0) is 10.0 Å². The van der Waals surface area contributed by atoms with Crippen LogP contribution in [0.1, 0.15) is 49.1 Å². The zero-order valence-electron chi connectivity index (χ0n) is 11.3. The first-order valence-corrected chi connectivity index (χ1v) is 8.32. The van der Waals surface area contributed by atoms with Crippen LogP contribution in [0.3, 0.4) is 0 Å². The normalized spacial score (nSPS) is 24.1. The highest BCUT2D eigenvalue weighted by molar-refractivity contribution is 7.89. The van der Waals surface area contributed by atoms with E-state index in [1.165, 1.54) is 16.6 Å². The summed E-state index contributed by atoms with van der Waals surface area (Å²) in [6.07, 6.45) is 5.02. The van der Waals surface area contributed by atoms with Crippen LogP contribution in [0.15, 0.2) is 17.2 Å². The van der Waals surface area contributed by atoms with Gasteiger partial charge in [-0.3, -0.25) is 0 Å². The first-order chi connectivity index (χ1) is 9.41.